The first-order valence-corrected chi connectivity index (χ1v) is 5.13. The van der Waals surface area contributed by atoms with Crippen molar-refractivity contribution in [1.29, 1.82) is 0 Å². The summed E-state index contributed by atoms with van der Waals surface area (Å²) in [5.41, 5.74) is -1.04. The zero-order valence-electron chi connectivity index (χ0n) is 7.18. The third kappa shape index (κ3) is 2.95. The molecule has 0 aliphatic heterocycles. The van der Waals surface area contributed by atoms with Gasteiger partial charge in [-0.15, -0.1) is 0 Å². The number of benzene rings is 1. The van der Waals surface area contributed by atoms with Crippen molar-refractivity contribution >= 4 is 32.8 Å². The van der Waals surface area contributed by atoms with Gasteiger partial charge in [-0.25, -0.2) is 0 Å². The van der Waals surface area contributed by atoms with Crippen LogP contribution in [0.1, 0.15) is 16.0 Å². The molecule has 15 heavy (non-hydrogen) atoms. The molecule has 1 nitrogen and oxygen atoms in total. The maximum absolute atomic E-state index is 12.5. The zero-order valence-corrected chi connectivity index (χ0v) is 9.53. The summed E-state index contributed by atoms with van der Waals surface area (Å²) < 4.78 is 37.5. The van der Waals surface area contributed by atoms with Crippen molar-refractivity contribution in [1.82, 2.24) is 0 Å². The molecule has 0 radical (unpaired) electrons. The minimum atomic E-state index is -4.49. The number of carbonyl (C=O) groups is 1. The minimum Gasteiger partial charge on any atom is -0.280 e. The summed E-state index contributed by atoms with van der Waals surface area (Å²) in [5.74, 6) is 0. The number of hydrogen-bond donors (Lipinski definition) is 0. The van der Waals surface area contributed by atoms with Crippen LogP contribution in [0.15, 0.2) is 24.3 Å². The molecule has 0 fully saturated rings. The van der Waals surface area contributed by atoms with Crippen LogP contribution in [-0.2, 0) is 11.0 Å². The normalized spacial score (nSPS) is 13.7. The van der Waals surface area contributed by atoms with E-state index in [0.29, 0.717) is 0 Å². The summed E-state index contributed by atoms with van der Waals surface area (Å²) in [6.07, 6.45) is -4.49. The average molecular weight is 301 g/mol. The van der Waals surface area contributed by atoms with E-state index >= 15 is 0 Å². The molecule has 1 rings (SSSR count). The highest BCUT2D eigenvalue weighted by atomic mass is 79.9. The third-order valence-electron chi connectivity index (χ3n) is 1.74. The van der Waals surface area contributed by atoms with Gasteiger partial charge >= 0.3 is 6.18 Å². The predicted octanol–water partition coefficient (Wildman–Crippen LogP) is 3.91. The van der Waals surface area contributed by atoms with Gasteiger partial charge in [-0.05, 0) is 23.2 Å². The summed E-state index contributed by atoms with van der Waals surface area (Å²) in [6.45, 7) is 0. The van der Waals surface area contributed by atoms with E-state index in [4.69, 9.17) is 11.6 Å². The van der Waals surface area contributed by atoms with Gasteiger partial charge in [0.25, 0.3) is 0 Å². The maximum atomic E-state index is 12.5. The van der Waals surface area contributed by atoms with E-state index in [0.717, 1.165) is 6.07 Å². The third-order valence-corrected chi connectivity index (χ3v) is 3.13. The molecular weight excluding hydrogens is 296 g/mol. The van der Waals surface area contributed by atoms with Gasteiger partial charge in [0, 0.05) is 0 Å². The lowest BCUT2D eigenvalue weighted by molar-refractivity contribution is -0.138. The fraction of sp³-hybridized carbons (Fsp3) is 0.222. The van der Waals surface area contributed by atoms with Crippen LogP contribution in [-0.4, -0.2) is 5.24 Å². The molecule has 0 saturated carbocycles. The minimum absolute atomic E-state index is 0.176. The Morgan fingerprint density at radius 2 is 1.87 bits per heavy atom. The van der Waals surface area contributed by atoms with E-state index < -0.39 is 21.8 Å². The fourth-order valence-electron chi connectivity index (χ4n) is 1.10. The first kappa shape index (κ1) is 12.5. The summed E-state index contributed by atoms with van der Waals surface area (Å²) in [4.78, 5) is 9.63. The van der Waals surface area contributed by atoms with Crippen molar-refractivity contribution in [2.24, 2.45) is 0 Å². The van der Waals surface area contributed by atoms with Crippen LogP contribution in [0.4, 0.5) is 13.2 Å². The highest BCUT2D eigenvalue weighted by Gasteiger charge is 2.35. The van der Waals surface area contributed by atoms with E-state index in [1.807, 2.05) is 0 Å². The van der Waals surface area contributed by atoms with Gasteiger partial charge in [-0.2, -0.15) is 13.2 Å². The Morgan fingerprint density at radius 3 is 2.33 bits per heavy atom. The van der Waals surface area contributed by atoms with E-state index in [9.17, 15) is 18.0 Å². The monoisotopic (exact) mass is 300 g/mol. The molecule has 0 heterocycles. The molecule has 0 saturated heterocycles. The highest BCUT2D eigenvalue weighted by Crippen LogP contribution is 2.37. The SMILES string of the molecule is O=C(Cl)C(Br)c1ccccc1C(F)(F)F. The smallest absolute Gasteiger partial charge is 0.280 e. The lowest BCUT2D eigenvalue weighted by Crippen LogP contribution is -2.12. The first-order valence-electron chi connectivity index (χ1n) is 3.83. The quantitative estimate of drug-likeness (QED) is 0.598. The van der Waals surface area contributed by atoms with Gasteiger partial charge in [-0.1, -0.05) is 34.1 Å². The molecule has 1 unspecified atom stereocenters. The standard InChI is InChI=1S/C9H5BrClF3O/c10-7(8(11)15)5-3-1-2-4-6(5)9(12,13)14/h1-4,7H. The van der Waals surface area contributed by atoms with Crippen LogP contribution < -0.4 is 0 Å². The molecule has 0 aliphatic carbocycles. The summed E-state index contributed by atoms with van der Waals surface area (Å²) >= 11 is 7.94. The molecule has 1 aromatic rings. The number of hydrogen-bond acceptors (Lipinski definition) is 1. The van der Waals surface area contributed by atoms with E-state index in [-0.39, 0.29) is 5.56 Å². The van der Waals surface area contributed by atoms with Gasteiger partial charge in [-0.3, -0.25) is 4.79 Å². The van der Waals surface area contributed by atoms with E-state index in [1.165, 1.54) is 18.2 Å². The Labute approximate surface area is 97.4 Å². The summed E-state index contributed by atoms with van der Waals surface area (Å²) in [7, 11) is 0. The molecule has 1 aromatic carbocycles. The van der Waals surface area contributed by atoms with Crippen LogP contribution in [0.25, 0.3) is 0 Å². The largest absolute Gasteiger partial charge is 0.416 e. The first-order chi connectivity index (χ1) is 6.84. The maximum Gasteiger partial charge on any atom is 0.416 e. The molecule has 6 heteroatoms. The van der Waals surface area contributed by atoms with Crippen LogP contribution >= 0.6 is 27.5 Å². The Bertz CT molecular complexity index is 378. The topological polar surface area (TPSA) is 17.1 Å². The lowest BCUT2D eigenvalue weighted by Gasteiger charge is -2.14. The van der Waals surface area contributed by atoms with E-state index in [1.54, 1.807) is 0 Å². The lowest BCUT2D eigenvalue weighted by atomic mass is 10.0. The number of alkyl halides is 4. The second kappa shape index (κ2) is 4.53. The van der Waals surface area contributed by atoms with Gasteiger partial charge < -0.3 is 0 Å². The molecule has 0 aliphatic rings. The number of halogens is 5. The van der Waals surface area contributed by atoms with Crippen molar-refractivity contribution in [3.8, 4) is 0 Å². The Balaban J connectivity index is 3.24. The molecule has 0 aromatic heterocycles. The van der Waals surface area contributed by atoms with Crippen molar-refractivity contribution in [3.63, 3.8) is 0 Å². The molecule has 1 atom stereocenters. The van der Waals surface area contributed by atoms with Gasteiger partial charge in [0.2, 0.25) is 5.24 Å². The highest BCUT2D eigenvalue weighted by molar-refractivity contribution is 9.09. The molecule has 0 amide bonds. The van der Waals surface area contributed by atoms with Crippen LogP contribution in [0.2, 0.25) is 0 Å². The zero-order chi connectivity index (χ0) is 11.6. The van der Waals surface area contributed by atoms with Gasteiger partial charge in [0.1, 0.15) is 4.83 Å². The summed E-state index contributed by atoms with van der Waals surface area (Å²) in [5, 5.41) is -0.883. The average Bonchev–Trinajstić information content (AvgIpc) is 2.15. The van der Waals surface area contributed by atoms with Crippen molar-refractivity contribution in [2.75, 3.05) is 0 Å². The molecule has 82 valence electrons. The second-order valence-electron chi connectivity index (χ2n) is 2.75. The molecule has 0 spiro atoms. The fourth-order valence-corrected chi connectivity index (χ4v) is 1.62. The molecule has 0 bridgehead atoms. The number of rotatable bonds is 2. The van der Waals surface area contributed by atoms with Gasteiger partial charge in [0.15, 0.2) is 0 Å². The predicted molar refractivity (Wildman–Crippen MR) is 54.0 cm³/mol. The van der Waals surface area contributed by atoms with Crippen molar-refractivity contribution < 1.29 is 18.0 Å². The Kier molecular flexibility index (Phi) is 3.78. The van der Waals surface area contributed by atoms with Crippen molar-refractivity contribution in [2.45, 2.75) is 11.0 Å². The van der Waals surface area contributed by atoms with Crippen molar-refractivity contribution in [3.05, 3.63) is 35.4 Å². The van der Waals surface area contributed by atoms with E-state index in [2.05, 4.69) is 15.9 Å². The van der Waals surface area contributed by atoms with Crippen LogP contribution in [0.5, 0.6) is 0 Å². The van der Waals surface area contributed by atoms with Crippen LogP contribution in [0.3, 0.4) is 0 Å². The Morgan fingerprint density at radius 1 is 1.33 bits per heavy atom. The Hall–Kier alpha value is -0.550. The molecule has 0 N–H and O–H groups in total. The van der Waals surface area contributed by atoms with Crippen LogP contribution in [0, 0.1) is 0 Å². The summed E-state index contributed by atoms with van der Waals surface area (Å²) in [6, 6.07) is 4.79. The molecular formula is C9H5BrClF3O. The van der Waals surface area contributed by atoms with Gasteiger partial charge in [0.05, 0.1) is 5.56 Å². The number of carbonyl (C=O) groups excluding carboxylic acids is 1. The second-order valence-corrected chi connectivity index (χ2v) is 4.04.